The second-order valence-corrected chi connectivity index (χ2v) is 9.05. The zero-order valence-electron chi connectivity index (χ0n) is 18.7. The van der Waals surface area contributed by atoms with Crippen LogP contribution in [0.5, 0.6) is 0 Å². The van der Waals surface area contributed by atoms with Gasteiger partial charge in [-0.25, -0.2) is 14.4 Å². The Bertz CT molecular complexity index is 1150. The summed E-state index contributed by atoms with van der Waals surface area (Å²) in [6.07, 6.45) is 4.04. The highest BCUT2D eigenvalue weighted by atomic mass is 19.1. The molecular formula is C25H30FN5O2. The van der Waals surface area contributed by atoms with Gasteiger partial charge in [0.25, 0.3) is 5.56 Å². The quantitative estimate of drug-likeness (QED) is 0.598. The van der Waals surface area contributed by atoms with Gasteiger partial charge in [-0.3, -0.25) is 9.36 Å². The number of pyridine rings is 1. The topological polar surface area (TPSA) is 81.1 Å². The fourth-order valence-electron chi connectivity index (χ4n) is 4.70. The van der Waals surface area contributed by atoms with Crippen molar-refractivity contribution in [2.45, 2.75) is 32.2 Å². The zero-order valence-corrected chi connectivity index (χ0v) is 18.7. The van der Waals surface area contributed by atoms with E-state index < -0.39 is 0 Å². The Morgan fingerprint density at radius 2 is 1.76 bits per heavy atom. The van der Waals surface area contributed by atoms with Crippen molar-refractivity contribution in [2.24, 2.45) is 11.8 Å². The van der Waals surface area contributed by atoms with Gasteiger partial charge in [-0.2, -0.15) is 0 Å². The van der Waals surface area contributed by atoms with Crippen molar-refractivity contribution < 1.29 is 9.13 Å². The maximum atomic E-state index is 13.5. The minimum absolute atomic E-state index is 0.133. The van der Waals surface area contributed by atoms with Gasteiger partial charge in [0.15, 0.2) is 11.5 Å². The molecule has 0 amide bonds. The van der Waals surface area contributed by atoms with Crippen LogP contribution >= 0.6 is 0 Å². The van der Waals surface area contributed by atoms with Crippen LogP contribution in [0.25, 0.3) is 22.4 Å². The van der Waals surface area contributed by atoms with Crippen LogP contribution in [0.2, 0.25) is 0 Å². The van der Waals surface area contributed by atoms with Gasteiger partial charge >= 0.3 is 0 Å². The van der Waals surface area contributed by atoms with Crippen molar-refractivity contribution in [2.75, 3.05) is 38.2 Å². The van der Waals surface area contributed by atoms with Gasteiger partial charge < -0.3 is 15.4 Å². The Labute approximate surface area is 192 Å². The van der Waals surface area contributed by atoms with Gasteiger partial charge in [0, 0.05) is 31.9 Å². The number of hydrogen-bond donors (Lipinski definition) is 2. The lowest BCUT2D eigenvalue weighted by Crippen LogP contribution is -2.34. The number of nitrogens with one attached hydrogen (secondary N) is 2. The van der Waals surface area contributed by atoms with E-state index in [2.05, 4.69) is 15.6 Å². The van der Waals surface area contributed by atoms with Crippen molar-refractivity contribution in [3.63, 3.8) is 0 Å². The minimum Gasteiger partial charge on any atom is -0.381 e. The molecule has 7 nitrogen and oxygen atoms in total. The van der Waals surface area contributed by atoms with Gasteiger partial charge in [0.05, 0.1) is 5.69 Å². The number of benzene rings is 1. The van der Waals surface area contributed by atoms with Crippen LogP contribution < -0.4 is 16.2 Å². The number of nitrogens with zero attached hydrogens (tertiary/aromatic N) is 3. The first-order chi connectivity index (χ1) is 16.2. The summed E-state index contributed by atoms with van der Waals surface area (Å²) in [5.74, 6) is 0.994. The average molecular weight is 452 g/mol. The summed E-state index contributed by atoms with van der Waals surface area (Å²) in [4.78, 5) is 23.0. The molecule has 0 atom stereocenters. The number of anilines is 1. The van der Waals surface area contributed by atoms with Gasteiger partial charge in [-0.05, 0) is 87.0 Å². The molecule has 0 aliphatic carbocycles. The van der Waals surface area contributed by atoms with Gasteiger partial charge in [-0.15, -0.1) is 0 Å². The van der Waals surface area contributed by atoms with Crippen LogP contribution in [0.3, 0.4) is 0 Å². The number of halogens is 1. The SMILES string of the molecule is O=c1c(NCC2CCNCC2)nc2ccc(-c3ccc(F)cc3)nc2n1CC1CCOCC1. The average Bonchev–Trinajstić information content (AvgIpc) is 2.86. The lowest BCUT2D eigenvalue weighted by Gasteiger charge is -2.25. The van der Waals surface area contributed by atoms with Crippen molar-refractivity contribution in [1.82, 2.24) is 19.9 Å². The van der Waals surface area contributed by atoms with E-state index in [1.807, 2.05) is 12.1 Å². The molecule has 3 aromatic rings. The molecule has 2 fully saturated rings. The van der Waals surface area contributed by atoms with Gasteiger partial charge in [-0.1, -0.05) is 0 Å². The van der Waals surface area contributed by atoms with E-state index in [1.165, 1.54) is 12.1 Å². The van der Waals surface area contributed by atoms with Crippen molar-refractivity contribution in [3.8, 4) is 11.3 Å². The van der Waals surface area contributed by atoms with E-state index in [4.69, 9.17) is 9.72 Å². The Morgan fingerprint density at radius 3 is 2.52 bits per heavy atom. The fourth-order valence-corrected chi connectivity index (χ4v) is 4.70. The third kappa shape index (κ3) is 5.07. The van der Waals surface area contributed by atoms with E-state index in [-0.39, 0.29) is 11.4 Å². The van der Waals surface area contributed by atoms with Gasteiger partial charge in [0.2, 0.25) is 0 Å². The molecular weight excluding hydrogens is 421 g/mol. The van der Waals surface area contributed by atoms with E-state index in [9.17, 15) is 9.18 Å². The van der Waals surface area contributed by atoms with Crippen LogP contribution in [-0.4, -0.2) is 47.4 Å². The molecule has 33 heavy (non-hydrogen) atoms. The van der Waals surface area contributed by atoms with E-state index in [1.54, 1.807) is 16.7 Å². The van der Waals surface area contributed by atoms with Crippen LogP contribution in [0, 0.1) is 17.7 Å². The van der Waals surface area contributed by atoms with Crippen LogP contribution in [-0.2, 0) is 11.3 Å². The number of hydrogen-bond acceptors (Lipinski definition) is 6. The molecule has 0 unspecified atom stereocenters. The molecule has 1 aromatic carbocycles. The highest BCUT2D eigenvalue weighted by Gasteiger charge is 2.20. The van der Waals surface area contributed by atoms with E-state index >= 15 is 0 Å². The first-order valence-corrected chi connectivity index (χ1v) is 11.9. The predicted octanol–water partition coefficient (Wildman–Crippen LogP) is 3.44. The molecule has 2 saturated heterocycles. The smallest absolute Gasteiger partial charge is 0.294 e. The van der Waals surface area contributed by atoms with Crippen molar-refractivity contribution in [3.05, 3.63) is 52.6 Å². The summed E-state index contributed by atoms with van der Waals surface area (Å²) >= 11 is 0. The first kappa shape index (κ1) is 22.0. The Morgan fingerprint density at radius 1 is 1.00 bits per heavy atom. The molecule has 174 valence electrons. The molecule has 0 saturated carbocycles. The summed E-state index contributed by atoms with van der Waals surface area (Å²) in [7, 11) is 0. The zero-order chi connectivity index (χ0) is 22.6. The molecule has 2 aliphatic heterocycles. The number of fused-ring (bicyclic) bond motifs is 1. The molecule has 0 spiro atoms. The number of piperidine rings is 1. The highest BCUT2D eigenvalue weighted by Crippen LogP contribution is 2.23. The molecule has 4 heterocycles. The second-order valence-electron chi connectivity index (χ2n) is 9.05. The highest BCUT2D eigenvalue weighted by molar-refractivity contribution is 5.76. The summed E-state index contributed by atoms with van der Waals surface area (Å²) in [5, 5.41) is 6.71. The molecule has 0 radical (unpaired) electrons. The van der Waals surface area contributed by atoms with E-state index in [0.717, 1.165) is 64.1 Å². The van der Waals surface area contributed by atoms with Crippen LogP contribution in [0.4, 0.5) is 10.2 Å². The maximum absolute atomic E-state index is 13.5. The third-order valence-electron chi connectivity index (χ3n) is 6.73. The molecule has 0 bridgehead atoms. The van der Waals surface area contributed by atoms with Crippen molar-refractivity contribution >= 4 is 17.0 Å². The summed E-state index contributed by atoms with van der Waals surface area (Å²) in [6, 6.07) is 10.0. The summed E-state index contributed by atoms with van der Waals surface area (Å²) < 4.78 is 20.7. The molecule has 5 rings (SSSR count). The molecule has 2 aromatic heterocycles. The standard InChI is InChI=1S/C25H30FN5O2/c26-20-3-1-19(2-4-20)21-5-6-22-24(30-21)31(16-18-9-13-33-14-10-18)25(32)23(29-22)28-15-17-7-11-27-12-8-17/h1-6,17-18,27H,7-16H2,(H,28,29). The Balaban J connectivity index is 1.51. The van der Waals surface area contributed by atoms with Gasteiger partial charge in [0.1, 0.15) is 11.3 Å². The predicted molar refractivity (Wildman–Crippen MR) is 127 cm³/mol. The molecule has 2 aliphatic rings. The Kier molecular flexibility index (Phi) is 6.64. The largest absolute Gasteiger partial charge is 0.381 e. The van der Waals surface area contributed by atoms with Crippen LogP contribution in [0.15, 0.2) is 41.2 Å². The second kappa shape index (κ2) is 9.97. The molecule has 8 heteroatoms. The lowest BCUT2D eigenvalue weighted by atomic mass is 9.98. The summed E-state index contributed by atoms with van der Waals surface area (Å²) in [6.45, 7) is 4.80. The fraction of sp³-hybridized carbons (Fsp3) is 0.480. The van der Waals surface area contributed by atoms with Crippen molar-refractivity contribution in [1.29, 1.82) is 0 Å². The van der Waals surface area contributed by atoms with Crippen LogP contribution in [0.1, 0.15) is 25.7 Å². The number of ether oxygens (including phenoxy) is 1. The minimum atomic E-state index is -0.290. The number of aromatic nitrogens is 3. The number of rotatable bonds is 6. The lowest BCUT2D eigenvalue weighted by molar-refractivity contribution is 0.0613. The third-order valence-corrected chi connectivity index (χ3v) is 6.73. The maximum Gasteiger partial charge on any atom is 0.294 e. The molecule has 2 N–H and O–H groups in total. The first-order valence-electron chi connectivity index (χ1n) is 11.9. The normalized spacial score (nSPS) is 18.0. The Hall–Kier alpha value is -2.84. The van der Waals surface area contributed by atoms with E-state index in [0.29, 0.717) is 41.1 Å². The monoisotopic (exact) mass is 451 g/mol. The summed E-state index contributed by atoms with van der Waals surface area (Å²) in [5.41, 5.74) is 2.61.